The van der Waals surface area contributed by atoms with Crippen LogP contribution in [0.4, 0.5) is 0 Å². The van der Waals surface area contributed by atoms with Gasteiger partial charge in [-0.15, -0.1) is 0 Å². The number of likely N-dealkylation sites (tertiary alicyclic amines) is 1. The van der Waals surface area contributed by atoms with Crippen molar-refractivity contribution in [3.05, 3.63) is 70.2 Å². The molecule has 0 radical (unpaired) electrons. The van der Waals surface area contributed by atoms with Crippen LogP contribution >= 0.6 is 11.6 Å². The molecule has 0 bridgehead atoms. The number of ether oxygens (including phenoxy) is 1. The second-order valence-electron chi connectivity index (χ2n) is 8.38. The van der Waals surface area contributed by atoms with Crippen LogP contribution in [0, 0.1) is 5.92 Å². The van der Waals surface area contributed by atoms with Gasteiger partial charge in [-0.1, -0.05) is 49.7 Å². The molecule has 3 rings (SSSR count). The zero-order chi connectivity index (χ0) is 23.3. The first-order chi connectivity index (χ1) is 15.3. The van der Waals surface area contributed by atoms with Crippen molar-refractivity contribution in [1.29, 1.82) is 0 Å². The average Bonchev–Trinajstić information content (AvgIpc) is 2.82. The van der Waals surface area contributed by atoms with Crippen LogP contribution in [0.25, 0.3) is 0 Å². The summed E-state index contributed by atoms with van der Waals surface area (Å²) in [5, 5.41) is 3.56. The van der Waals surface area contributed by atoms with Crippen LogP contribution < -0.4 is 5.32 Å². The number of methoxy groups -OCH3 is 1. The zero-order valence-corrected chi connectivity index (χ0v) is 19.4. The number of halogens is 1. The van der Waals surface area contributed by atoms with Gasteiger partial charge in [-0.05, 0) is 54.5 Å². The minimum Gasteiger partial charge on any atom is -0.465 e. The molecule has 1 saturated heterocycles. The van der Waals surface area contributed by atoms with Gasteiger partial charge in [0, 0.05) is 18.1 Å². The highest BCUT2D eigenvalue weighted by molar-refractivity contribution is 6.30. The second kappa shape index (κ2) is 10.6. The van der Waals surface area contributed by atoms with E-state index in [1.807, 2.05) is 43.0 Å². The number of amides is 2. The Balaban J connectivity index is 1.67. The summed E-state index contributed by atoms with van der Waals surface area (Å²) >= 11 is 5.99. The number of piperidine rings is 1. The van der Waals surface area contributed by atoms with E-state index in [1.165, 1.54) is 18.7 Å². The lowest BCUT2D eigenvalue weighted by Gasteiger charge is -2.35. The van der Waals surface area contributed by atoms with Crippen molar-refractivity contribution < 1.29 is 19.1 Å². The molecular weight excluding hydrogens is 428 g/mol. The molecule has 2 aromatic rings. The Morgan fingerprint density at radius 2 is 1.59 bits per heavy atom. The highest BCUT2D eigenvalue weighted by atomic mass is 35.5. The predicted molar refractivity (Wildman–Crippen MR) is 124 cm³/mol. The largest absolute Gasteiger partial charge is 0.465 e. The quantitative estimate of drug-likeness (QED) is 0.658. The Labute approximate surface area is 193 Å². The predicted octanol–water partition coefficient (Wildman–Crippen LogP) is 4.29. The van der Waals surface area contributed by atoms with Crippen LogP contribution in [-0.2, 0) is 9.53 Å². The Kier molecular flexibility index (Phi) is 7.91. The summed E-state index contributed by atoms with van der Waals surface area (Å²) < 4.78 is 4.77. The molecule has 1 heterocycles. The lowest BCUT2D eigenvalue weighted by Crippen LogP contribution is -2.53. The van der Waals surface area contributed by atoms with Gasteiger partial charge in [0.15, 0.2) is 0 Å². The lowest BCUT2D eigenvalue weighted by atomic mass is 9.89. The molecule has 7 heteroatoms. The molecule has 0 aromatic heterocycles. The Hall–Kier alpha value is -2.86. The monoisotopic (exact) mass is 456 g/mol. The van der Waals surface area contributed by atoms with E-state index >= 15 is 0 Å². The van der Waals surface area contributed by atoms with Gasteiger partial charge in [0.05, 0.1) is 18.2 Å². The molecule has 1 fully saturated rings. The third-order valence-corrected chi connectivity index (χ3v) is 6.20. The average molecular weight is 457 g/mol. The maximum atomic E-state index is 13.3. The van der Waals surface area contributed by atoms with Crippen molar-refractivity contribution in [3.8, 4) is 0 Å². The lowest BCUT2D eigenvalue weighted by molar-refractivity contribution is -0.135. The standard InChI is InChI=1S/C25H29ClN2O4/c1-16(2)22(27-23(29)20-6-4-5-7-21(20)25(31)32-3)24(30)28-14-12-18(13-15-28)17-8-10-19(26)11-9-17/h4-11,16,18,22H,12-15H2,1-3H3,(H,27,29)/t22-/m1/s1. The number of carbonyl (C=O) groups excluding carboxylic acids is 3. The van der Waals surface area contributed by atoms with Gasteiger partial charge in [0.1, 0.15) is 6.04 Å². The van der Waals surface area contributed by atoms with E-state index in [0.29, 0.717) is 24.0 Å². The number of nitrogens with one attached hydrogen (secondary N) is 1. The molecule has 0 aliphatic carbocycles. The van der Waals surface area contributed by atoms with E-state index in [2.05, 4.69) is 5.32 Å². The summed E-state index contributed by atoms with van der Waals surface area (Å²) in [5.41, 5.74) is 1.60. The van der Waals surface area contributed by atoms with Gasteiger partial charge < -0.3 is 15.0 Å². The second-order valence-corrected chi connectivity index (χ2v) is 8.82. The third-order valence-electron chi connectivity index (χ3n) is 5.94. The molecule has 2 aromatic carbocycles. The first-order valence-corrected chi connectivity index (χ1v) is 11.2. The van der Waals surface area contributed by atoms with E-state index in [-0.39, 0.29) is 23.0 Å². The summed E-state index contributed by atoms with van der Waals surface area (Å²) in [6.07, 6.45) is 1.72. The number of carbonyl (C=O) groups is 3. The van der Waals surface area contributed by atoms with Crippen molar-refractivity contribution in [2.24, 2.45) is 5.92 Å². The first kappa shape index (κ1) is 23.8. The molecule has 0 spiro atoms. The number of benzene rings is 2. The summed E-state index contributed by atoms with van der Waals surface area (Å²) in [7, 11) is 1.27. The van der Waals surface area contributed by atoms with Gasteiger partial charge in [0.2, 0.25) is 5.91 Å². The van der Waals surface area contributed by atoms with E-state index in [9.17, 15) is 14.4 Å². The molecule has 2 amide bonds. The van der Waals surface area contributed by atoms with E-state index in [0.717, 1.165) is 12.8 Å². The SMILES string of the molecule is COC(=O)c1ccccc1C(=O)N[C@@H](C(=O)N1CCC(c2ccc(Cl)cc2)CC1)C(C)C. The van der Waals surface area contributed by atoms with Crippen LogP contribution in [0.5, 0.6) is 0 Å². The normalized spacial score (nSPS) is 15.3. The maximum absolute atomic E-state index is 13.3. The Bertz CT molecular complexity index is 966. The summed E-state index contributed by atoms with van der Waals surface area (Å²) in [5.74, 6) is -0.874. The minimum atomic E-state index is -0.680. The van der Waals surface area contributed by atoms with Crippen LogP contribution in [0.15, 0.2) is 48.5 Å². The molecule has 32 heavy (non-hydrogen) atoms. The molecule has 170 valence electrons. The van der Waals surface area contributed by atoms with Gasteiger partial charge >= 0.3 is 5.97 Å². The molecule has 1 N–H and O–H groups in total. The smallest absolute Gasteiger partial charge is 0.338 e. The van der Waals surface area contributed by atoms with Gasteiger partial charge in [0.25, 0.3) is 5.91 Å². The van der Waals surface area contributed by atoms with Crippen LogP contribution in [0.1, 0.15) is 58.9 Å². The number of hydrogen-bond donors (Lipinski definition) is 1. The summed E-state index contributed by atoms with van der Waals surface area (Å²) in [4.78, 5) is 40.1. The zero-order valence-electron chi connectivity index (χ0n) is 18.6. The maximum Gasteiger partial charge on any atom is 0.338 e. The van der Waals surface area contributed by atoms with Crippen LogP contribution in [0.3, 0.4) is 0 Å². The molecular formula is C25H29ClN2O4. The summed E-state index contributed by atoms with van der Waals surface area (Å²) in [6.45, 7) is 5.05. The molecule has 6 nitrogen and oxygen atoms in total. The fraction of sp³-hybridized carbons (Fsp3) is 0.400. The summed E-state index contributed by atoms with van der Waals surface area (Å²) in [6, 6.07) is 13.6. The molecule has 0 saturated carbocycles. The number of hydrogen-bond acceptors (Lipinski definition) is 4. The van der Waals surface area contributed by atoms with Crippen molar-refractivity contribution in [2.45, 2.75) is 38.6 Å². The first-order valence-electron chi connectivity index (χ1n) is 10.8. The third kappa shape index (κ3) is 5.49. The van der Waals surface area contributed by atoms with E-state index < -0.39 is 17.9 Å². The highest BCUT2D eigenvalue weighted by Gasteiger charge is 2.32. The van der Waals surface area contributed by atoms with Crippen LogP contribution in [0.2, 0.25) is 5.02 Å². The van der Waals surface area contributed by atoms with Crippen molar-refractivity contribution >= 4 is 29.4 Å². The highest BCUT2D eigenvalue weighted by Crippen LogP contribution is 2.29. The molecule has 1 aliphatic rings. The molecule has 1 atom stereocenters. The minimum absolute atomic E-state index is 0.0987. The van der Waals surface area contributed by atoms with Gasteiger partial charge in [-0.3, -0.25) is 9.59 Å². The fourth-order valence-electron chi connectivity index (χ4n) is 4.07. The van der Waals surface area contributed by atoms with Crippen molar-refractivity contribution in [3.63, 3.8) is 0 Å². The topological polar surface area (TPSA) is 75.7 Å². The van der Waals surface area contributed by atoms with E-state index in [4.69, 9.17) is 16.3 Å². The number of nitrogens with zero attached hydrogens (tertiary/aromatic N) is 1. The Morgan fingerprint density at radius 1 is 1.00 bits per heavy atom. The van der Waals surface area contributed by atoms with Crippen molar-refractivity contribution in [2.75, 3.05) is 20.2 Å². The molecule has 1 aliphatic heterocycles. The van der Waals surface area contributed by atoms with Gasteiger partial charge in [-0.2, -0.15) is 0 Å². The molecule has 0 unspecified atom stereocenters. The van der Waals surface area contributed by atoms with E-state index in [1.54, 1.807) is 18.2 Å². The van der Waals surface area contributed by atoms with Crippen LogP contribution in [-0.4, -0.2) is 48.9 Å². The number of esters is 1. The van der Waals surface area contributed by atoms with Gasteiger partial charge in [-0.25, -0.2) is 4.79 Å². The Morgan fingerprint density at radius 3 is 2.16 bits per heavy atom. The fourth-order valence-corrected chi connectivity index (χ4v) is 4.19. The van der Waals surface area contributed by atoms with Crippen molar-refractivity contribution in [1.82, 2.24) is 10.2 Å². The number of rotatable bonds is 6.